The first kappa shape index (κ1) is 13.1. The van der Waals surface area contributed by atoms with Gasteiger partial charge < -0.3 is 4.42 Å². The molecule has 2 unspecified atom stereocenters. The molecule has 0 bridgehead atoms. The first-order valence-corrected chi connectivity index (χ1v) is 6.94. The lowest BCUT2D eigenvalue weighted by Gasteiger charge is -2.38. The van der Waals surface area contributed by atoms with Crippen LogP contribution in [0.15, 0.2) is 23.0 Å². The molecule has 0 aromatic rings. The maximum absolute atomic E-state index is 12.4. The van der Waals surface area contributed by atoms with Crippen LogP contribution in [0, 0.1) is 0 Å². The molecule has 6 nitrogen and oxygen atoms in total. The number of carbonyl (C=O) groups is 1. The van der Waals surface area contributed by atoms with Gasteiger partial charge in [0, 0.05) is 18.2 Å². The second-order valence-electron chi connectivity index (χ2n) is 5.38. The van der Waals surface area contributed by atoms with Crippen LogP contribution in [-0.4, -0.2) is 33.2 Å². The van der Waals surface area contributed by atoms with E-state index in [0.717, 1.165) is 12.8 Å². The van der Waals surface area contributed by atoms with Crippen molar-refractivity contribution in [3.8, 4) is 11.3 Å². The molecule has 0 aromatic carbocycles. The average Bonchev–Trinajstić information content (AvgIpc) is 2.87. The molecule has 106 valence electrons. The number of hydrogen-bond acceptors (Lipinski definition) is 5. The van der Waals surface area contributed by atoms with Crippen molar-refractivity contribution in [2.24, 2.45) is 0 Å². The Morgan fingerprint density at radius 3 is 2.85 bits per heavy atom. The molecule has 3 heterocycles. The molecule has 0 radical (unpaired) electrons. The van der Waals surface area contributed by atoms with Crippen molar-refractivity contribution < 1.29 is 9.21 Å². The first-order valence-electron chi connectivity index (χ1n) is 6.94. The van der Waals surface area contributed by atoms with E-state index in [9.17, 15) is 4.79 Å². The summed E-state index contributed by atoms with van der Waals surface area (Å²) in [7, 11) is 0. The van der Waals surface area contributed by atoms with Crippen LogP contribution in [0.25, 0.3) is 11.3 Å². The van der Waals surface area contributed by atoms with Crippen LogP contribution in [0.4, 0.5) is 0 Å². The van der Waals surface area contributed by atoms with Gasteiger partial charge in [0.05, 0.1) is 11.8 Å². The minimum absolute atomic E-state index is 0.227. The van der Waals surface area contributed by atoms with Crippen LogP contribution < -0.4 is 5.43 Å². The average molecular weight is 274 g/mol. The number of rotatable bonds is 2. The van der Waals surface area contributed by atoms with Crippen molar-refractivity contribution >= 4 is 5.91 Å². The number of nitrogens with zero attached hydrogens (tertiary/aromatic N) is 3. The van der Waals surface area contributed by atoms with E-state index in [1.54, 1.807) is 6.07 Å². The van der Waals surface area contributed by atoms with E-state index >= 15 is 0 Å². The molecule has 0 aromatic heterocycles. The highest BCUT2D eigenvalue weighted by molar-refractivity contribution is 5.98. The van der Waals surface area contributed by atoms with E-state index in [1.165, 1.54) is 18.9 Å². The van der Waals surface area contributed by atoms with Gasteiger partial charge in [-0.05, 0) is 26.7 Å². The second kappa shape index (κ2) is 5.20. The summed E-state index contributed by atoms with van der Waals surface area (Å²) in [4.78, 5) is 12.4. The van der Waals surface area contributed by atoms with Gasteiger partial charge in [0.15, 0.2) is 5.69 Å². The predicted molar refractivity (Wildman–Crippen MR) is 73.0 cm³/mol. The van der Waals surface area contributed by atoms with Gasteiger partial charge in [-0.25, -0.2) is 5.01 Å². The van der Waals surface area contributed by atoms with E-state index in [-0.39, 0.29) is 5.91 Å². The third-order valence-corrected chi connectivity index (χ3v) is 3.92. The highest BCUT2D eigenvalue weighted by Crippen LogP contribution is 2.24. The van der Waals surface area contributed by atoms with Crippen LogP contribution in [0.5, 0.6) is 0 Å². The van der Waals surface area contributed by atoms with Crippen LogP contribution in [0.3, 0.4) is 0 Å². The molecule has 2 atom stereocenters. The van der Waals surface area contributed by atoms with Crippen LogP contribution in [-0.2, 0) is 0 Å². The van der Waals surface area contributed by atoms with Gasteiger partial charge in [0.2, 0.25) is 0 Å². The van der Waals surface area contributed by atoms with Gasteiger partial charge >= 0.3 is 0 Å². The van der Waals surface area contributed by atoms with Crippen LogP contribution in [0.2, 0.25) is 0 Å². The molecular formula is C14H18N4O2. The highest BCUT2D eigenvalue weighted by Gasteiger charge is 2.28. The smallest absolute Gasteiger partial charge is 0.286 e. The SMILES string of the molecule is CC1CCCC(C)N1NC(=O)c1nnc2ccocc1-2. The Morgan fingerprint density at radius 2 is 2.10 bits per heavy atom. The van der Waals surface area contributed by atoms with Crippen molar-refractivity contribution in [2.45, 2.75) is 45.2 Å². The fourth-order valence-corrected chi connectivity index (χ4v) is 2.76. The summed E-state index contributed by atoms with van der Waals surface area (Å²) >= 11 is 0. The largest absolute Gasteiger partial charge is 0.472 e. The number of nitrogens with one attached hydrogen (secondary N) is 1. The zero-order chi connectivity index (χ0) is 14.1. The van der Waals surface area contributed by atoms with E-state index in [1.807, 2.05) is 5.01 Å². The van der Waals surface area contributed by atoms with E-state index < -0.39 is 0 Å². The van der Waals surface area contributed by atoms with E-state index in [4.69, 9.17) is 4.42 Å². The third-order valence-electron chi connectivity index (χ3n) is 3.92. The zero-order valence-electron chi connectivity index (χ0n) is 11.7. The van der Waals surface area contributed by atoms with Gasteiger partial charge in [-0.3, -0.25) is 10.2 Å². The summed E-state index contributed by atoms with van der Waals surface area (Å²) in [5, 5.41) is 9.96. The lowest BCUT2D eigenvalue weighted by molar-refractivity contribution is 0.0366. The fraction of sp³-hybridized carbons (Fsp3) is 0.500. The number of carbonyl (C=O) groups excluding carboxylic acids is 1. The summed E-state index contributed by atoms with van der Waals surface area (Å²) in [5.41, 5.74) is 4.59. The van der Waals surface area contributed by atoms with Gasteiger partial charge in [-0.15, -0.1) is 10.2 Å². The highest BCUT2D eigenvalue weighted by atomic mass is 16.3. The van der Waals surface area contributed by atoms with Crippen LogP contribution >= 0.6 is 0 Å². The van der Waals surface area contributed by atoms with Crippen LogP contribution in [0.1, 0.15) is 43.6 Å². The molecule has 1 fully saturated rings. The van der Waals surface area contributed by atoms with E-state index in [2.05, 4.69) is 29.5 Å². The number of hydrogen-bond donors (Lipinski definition) is 1. The van der Waals surface area contributed by atoms with Crippen molar-refractivity contribution in [3.05, 3.63) is 24.3 Å². The predicted octanol–water partition coefficient (Wildman–Crippen LogP) is 2.08. The molecule has 0 spiro atoms. The Labute approximate surface area is 117 Å². The zero-order valence-corrected chi connectivity index (χ0v) is 11.7. The molecule has 1 N–H and O–H groups in total. The molecular weight excluding hydrogens is 256 g/mol. The Morgan fingerprint density at radius 1 is 1.35 bits per heavy atom. The summed E-state index contributed by atoms with van der Waals surface area (Å²) < 4.78 is 5.10. The number of amides is 1. The molecule has 6 heteroatoms. The summed E-state index contributed by atoms with van der Waals surface area (Å²) in [6, 6.07) is 2.37. The monoisotopic (exact) mass is 274 g/mol. The quantitative estimate of drug-likeness (QED) is 0.907. The Kier molecular flexibility index (Phi) is 3.40. The topological polar surface area (TPSA) is 71.3 Å². The fourth-order valence-electron chi connectivity index (χ4n) is 2.76. The molecule has 20 heavy (non-hydrogen) atoms. The maximum atomic E-state index is 12.4. The lowest BCUT2D eigenvalue weighted by Crippen LogP contribution is -2.54. The van der Waals surface area contributed by atoms with Crippen molar-refractivity contribution in [1.82, 2.24) is 20.6 Å². The number of aromatic nitrogens is 2. The molecule has 3 aliphatic heterocycles. The Balaban J connectivity index is 1.79. The third kappa shape index (κ3) is 2.27. The van der Waals surface area contributed by atoms with Gasteiger partial charge in [0.25, 0.3) is 5.91 Å². The number of hydrazine groups is 1. The second-order valence-corrected chi connectivity index (χ2v) is 5.38. The minimum atomic E-state index is -0.227. The van der Waals surface area contributed by atoms with Crippen molar-refractivity contribution in [1.29, 1.82) is 0 Å². The molecule has 3 aliphatic rings. The van der Waals surface area contributed by atoms with Crippen molar-refractivity contribution in [2.75, 3.05) is 0 Å². The minimum Gasteiger partial charge on any atom is -0.472 e. The molecule has 3 rings (SSSR count). The first-order chi connectivity index (χ1) is 9.66. The van der Waals surface area contributed by atoms with Gasteiger partial charge in [-0.2, -0.15) is 0 Å². The normalized spacial score (nSPS) is 23.9. The van der Waals surface area contributed by atoms with Crippen molar-refractivity contribution in [3.63, 3.8) is 0 Å². The summed E-state index contributed by atoms with van der Waals surface area (Å²) in [6.07, 6.45) is 6.41. The lowest BCUT2D eigenvalue weighted by atomic mass is 10.00. The molecule has 1 saturated heterocycles. The van der Waals surface area contributed by atoms with E-state index in [0.29, 0.717) is 29.0 Å². The standard InChI is InChI=1S/C14H18N4O2/c1-9-4-3-5-10(2)18(9)17-14(19)13-11-8-20-7-6-12(11)15-16-13/h6-10H,3-5H2,1-2H3,(H,17,19). The molecule has 1 amide bonds. The van der Waals surface area contributed by atoms with Gasteiger partial charge in [0.1, 0.15) is 12.0 Å². The Hall–Kier alpha value is -1.95. The molecule has 0 aliphatic carbocycles. The molecule has 0 saturated carbocycles. The summed E-state index contributed by atoms with van der Waals surface area (Å²) in [6.45, 7) is 4.25. The number of fused-ring (bicyclic) bond motifs is 1. The maximum Gasteiger partial charge on any atom is 0.286 e. The Bertz CT molecular complexity index is 572. The summed E-state index contributed by atoms with van der Waals surface area (Å²) in [5.74, 6) is -0.227. The number of piperidine rings is 1. The van der Waals surface area contributed by atoms with Gasteiger partial charge in [-0.1, -0.05) is 6.42 Å².